The van der Waals surface area contributed by atoms with Gasteiger partial charge in [-0.3, -0.25) is 14.4 Å². The van der Waals surface area contributed by atoms with Crippen LogP contribution in [-0.4, -0.2) is 31.5 Å². The Bertz CT molecular complexity index is 882. The van der Waals surface area contributed by atoms with Gasteiger partial charge in [0.05, 0.1) is 35.9 Å². The normalized spacial score (nSPS) is 13.9. The van der Waals surface area contributed by atoms with Crippen LogP contribution in [0.1, 0.15) is 32.5 Å². The summed E-state index contributed by atoms with van der Waals surface area (Å²) in [6.45, 7) is 4.70. The summed E-state index contributed by atoms with van der Waals surface area (Å²) in [5.41, 5.74) is 3.44. The van der Waals surface area contributed by atoms with E-state index >= 15 is 0 Å². The van der Waals surface area contributed by atoms with Crippen molar-refractivity contribution in [2.24, 2.45) is 5.92 Å². The van der Waals surface area contributed by atoms with Crippen molar-refractivity contribution in [1.82, 2.24) is 5.48 Å². The zero-order valence-corrected chi connectivity index (χ0v) is 17.7. The summed E-state index contributed by atoms with van der Waals surface area (Å²) in [6, 6.07) is 4.73. The molecule has 1 saturated heterocycles. The Kier molecular flexibility index (Phi) is 6.45. The van der Waals surface area contributed by atoms with E-state index in [1.165, 1.54) is 13.0 Å². The number of amides is 1. The van der Waals surface area contributed by atoms with E-state index in [1.54, 1.807) is 19.1 Å². The minimum atomic E-state index is -0.482. The fourth-order valence-electron chi connectivity index (χ4n) is 2.58. The van der Waals surface area contributed by atoms with Crippen LogP contribution in [-0.2, 0) is 9.57 Å². The standard InChI is InChI=1S/C18H18FIN2O4S/c1-9-15(17(24)22-26-8-11-6-25-7-11)18(27-16(9)10(2)23)21-14-4-3-12(20)5-13(14)19/h3-5,11,21H,6-8H2,1-2H3,(H,22,24). The molecule has 1 aliphatic heterocycles. The van der Waals surface area contributed by atoms with E-state index in [4.69, 9.17) is 9.57 Å². The first kappa shape index (κ1) is 20.2. The smallest absolute Gasteiger partial charge is 0.278 e. The molecule has 1 fully saturated rings. The summed E-state index contributed by atoms with van der Waals surface area (Å²) in [6.07, 6.45) is 0. The van der Waals surface area contributed by atoms with Gasteiger partial charge >= 0.3 is 0 Å². The number of ketones is 1. The molecule has 0 radical (unpaired) electrons. The van der Waals surface area contributed by atoms with Gasteiger partial charge in [-0.15, -0.1) is 11.3 Å². The fourth-order valence-corrected chi connectivity index (χ4v) is 4.15. The van der Waals surface area contributed by atoms with Crippen LogP contribution in [0.2, 0.25) is 0 Å². The molecular formula is C18H18FIN2O4S. The average Bonchev–Trinajstić information content (AvgIpc) is 2.89. The van der Waals surface area contributed by atoms with Gasteiger partial charge in [-0.25, -0.2) is 9.87 Å². The molecule has 0 aliphatic carbocycles. The van der Waals surface area contributed by atoms with Gasteiger partial charge in [0.2, 0.25) is 0 Å². The van der Waals surface area contributed by atoms with Crippen LogP contribution in [0, 0.1) is 22.2 Å². The summed E-state index contributed by atoms with van der Waals surface area (Å²) < 4.78 is 20.0. The summed E-state index contributed by atoms with van der Waals surface area (Å²) in [5, 5.41) is 3.33. The number of nitrogens with one attached hydrogen (secondary N) is 2. The molecule has 2 aromatic rings. The first-order valence-electron chi connectivity index (χ1n) is 8.23. The monoisotopic (exact) mass is 504 g/mol. The molecule has 1 aromatic carbocycles. The van der Waals surface area contributed by atoms with Crippen molar-refractivity contribution in [3.63, 3.8) is 0 Å². The van der Waals surface area contributed by atoms with Crippen molar-refractivity contribution < 1.29 is 23.6 Å². The topological polar surface area (TPSA) is 76.7 Å². The minimum Gasteiger partial charge on any atom is -0.381 e. The number of hydrogen-bond donors (Lipinski definition) is 2. The third-order valence-electron chi connectivity index (χ3n) is 4.06. The van der Waals surface area contributed by atoms with Gasteiger partial charge in [-0.1, -0.05) is 0 Å². The van der Waals surface area contributed by atoms with Gasteiger partial charge in [0.1, 0.15) is 10.8 Å². The molecule has 6 nitrogen and oxygen atoms in total. The molecular weight excluding hydrogens is 486 g/mol. The number of hydrogen-bond acceptors (Lipinski definition) is 6. The Morgan fingerprint density at radius 3 is 2.74 bits per heavy atom. The molecule has 0 saturated carbocycles. The predicted octanol–water partition coefficient (Wildman–Crippen LogP) is 4.05. The first-order valence-corrected chi connectivity index (χ1v) is 10.1. The molecule has 27 heavy (non-hydrogen) atoms. The fraction of sp³-hybridized carbons (Fsp3) is 0.333. The number of carbonyl (C=O) groups excluding carboxylic acids is 2. The van der Waals surface area contributed by atoms with E-state index < -0.39 is 11.7 Å². The molecule has 0 spiro atoms. The lowest BCUT2D eigenvalue weighted by molar-refractivity contribution is -0.0864. The van der Waals surface area contributed by atoms with E-state index in [1.807, 2.05) is 22.6 Å². The molecule has 2 N–H and O–H groups in total. The van der Waals surface area contributed by atoms with E-state index in [2.05, 4.69) is 10.8 Å². The zero-order chi connectivity index (χ0) is 19.6. The van der Waals surface area contributed by atoms with Crippen molar-refractivity contribution in [2.45, 2.75) is 13.8 Å². The van der Waals surface area contributed by atoms with Crippen molar-refractivity contribution in [1.29, 1.82) is 0 Å². The maximum absolute atomic E-state index is 14.2. The van der Waals surface area contributed by atoms with Crippen LogP contribution >= 0.6 is 33.9 Å². The van der Waals surface area contributed by atoms with Crippen molar-refractivity contribution in [2.75, 3.05) is 25.1 Å². The summed E-state index contributed by atoms with van der Waals surface area (Å²) in [4.78, 5) is 30.2. The first-order chi connectivity index (χ1) is 12.9. The quantitative estimate of drug-likeness (QED) is 0.338. The lowest BCUT2D eigenvalue weighted by atomic mass is 10.1. The van der Waals surface area contributed by atoms with Crippen LogP contribution in [0.5, 0.6) is 0 Å². The molecule has 2 heterocycles. The summed E-state index contributed by atoms with van der Waals surface area (Å²) in [5.74, 6) is -0.815. The average molecular weight is 504 g/mol. The van der Waals surface area contributed by atoms with Crippen LogP contribution in [0.4, 0.5) is 15.1 Å². The van der Waals surface area contributed by atoms with Crippen LogP contribution in [0.15, 0.2) is 18.2 Å². The molecule has 1 aliphatic rings. The van der Waals surface area contributed by atoms with Crippen molar-refractivity contribution in [3.8, 4) is 0 Å². The maximum atomic E-state index is 14.2. The molecule has 144 valence electrons. The maximum Gasteiger partial charge on any atom is 0.278 e. The molecule has 1 amide bonds. The Labute approximate surface area is 173 Å². The molecule has 0 unspecified atom stereocenters. The van der Waals surface area contributed by atoms with Crippen molar-refractivity contribution >= 4 is 56.3 Å². The highest BCUT2D eigenvalue weighted by atomic mass is 127. The van der Waals surface area contributed by atoms with E-state index in [9.17, 15) is 14.0 Å². The predicted molar refractivity (Wildman–Crippen MR) is 109 cm³/mol. The number of Topliss-reactive ketones (excluding diaryl/α,β-unsaturated/α-hetero) is 1. The number of halogens is 2. The Morgan fingerprint density at radius 1 is 1.41 bits per heavy atom. The largest absolute Gasteiger partial charge is 0.381 e. The summed E-state index contributed by atoms with van der Waals surface area (Å²) in [7, 11) is 0. The van der Waals surface area contributed by atoms with E-state index in [-0.39, 0.29) is 23.0 Å². The van der Waals surface area contributed by atoms with E-state index in [0.29, 0.717) is 35.3 Å². The second-order valence-corrected chi connectivity index (χ2v) is 8.48. The van der Waals surface area contributed by atoms with Crippen LogP contribution in [0.25, 0.3) is 0 Å². The lowest BCUT2D eigenvalue weighted by Crippen LogP contribution is -2.35. The number of carbonyl (C=O) groups is 2. The molecule has 0 bridgehead atoms. The zero-order valence-electron chi connectivity index (χ0n) is 14.7. The molecule has 1 aromatic heterocycles. The number of ether oxygens (including phenoxy) is 1. The van der Waals surface area contributed by atoms with Gasteiger partial charge in [0.15, 0.2) is 5.78 Å². The van der Waals surface area contributed by atoms with Gasteiger partial charge < -0.3 is 10.1 Å². The second kappa shape index (κ2) is 8.63. The summed E-state index contributed by atoms with van der Waals surface area (Å²) >= 11 is 3.14. The Hall–Kier alpha value is -1.56. The number of hydroxylamine groups is 1. The highest BCUT2D eigenvalue weighted by Crippen LogP contribution is 2.36. The number of benzene rings is 1. The Morgan fingerprint density at radius 2 is 2.15 bits per heavy atom. The third-order valence-corrected chi connectivity index (χ3v) is 6.04. The van der Waals surface area contributed by atoms with Gasteiger partial charge in [0, 0.05) is 9.49 Å². The SMILES string of the molecule is CC(=O)c1sc(Nc2ccc(I)cc2F)c(C(=O)NOCC2COC2)c1C. The number of anilines is 2. The van der Waals surface area contributed by atoms with Crippen LogP contribution < -0.4 is 10.8 Å². The third kappa shape index (κ3) is 4.65. The van der Waals surface area contributed by atoms with E-state index in [0.717, 1.165) is 14.9 Å². The molecule has 9 heteroatoms. The highest BCUT2D eigenvalue weighted by Gasteiger charge is 2.25. The second-order valence-electron chi connectivity index (χ2n) is 6.21. The molecule has 0 atom stereocenters. The number of rotatable bonds is 7. The minimum absolute atomic E-state index is 0.157. The van der Waals surface area contributed by atoms with Gasteiger partial charge in [0.25, 0.3) is 5.91 Å². The van der Waals surface area contributed by atoms with Gasteiger partial charge in [-0.05, 0) is 60.2 Å². The number of thiophene rings is 1. The highest BCUT2D eigenvalue weighted by molar-refractivity contribution is 14.1. The van der Waals surface area contributed by atoms with Crippen molar-refractivity contribution in [3.05, 3.63) is 43.6 Å². The lowest BCUT2D eigenvalue weighted by Gasteiger charge is -2.25. The van der Waals surface area contributed by atoms with Gasteiger partial charge in [-0.2, -0.15) is 0 Å². The molecule has 3 rings (SSSR count). The van der Waals surface area contributed by atoms with Crippen LogP contribution in [0.3, 0.4) is 0 Å². The Balaban J connectivity index is 1.84.